The zero-order valence-corrected chi connectivity index (χ0v) is 12.0. The van der Waals surface area contributed by atoms with Crippen molar-refractivity contribution in [2.45, 2.75) is 25.3 Å². The lowest BCUT2D eigenvalue weighted by atomic mass is 10.00. The first kappa shape index (κ1) is 13.6. The molecule has 4 rings (SSSR count). The quantitative estimate of drug-likeness (QED) is 0.765. The Balaban J connectivity index is 1.57. The molecule has 23 heavy (non-hydrogen) atoms. The van der Waals surface area contributed by atoms with E-state index in [1.165, 1.54) is 18.5 Å². The fourth-order valence-electron chi connectivity index (χ4n) is 2.92. The summed E-state index contributed by atoms with van der Waals surface area (Å²) in [5, 5.41) is 4.56. The van der Waals surface area contributed by atoms with Gasteiger partial charge in [0.2, 0.25) is 0 Å². The fourth-order valence-corrected chi connectivity index (χ4v) is 2.92. The van der Waals surface area contributed by atoms with E-state index >= 15 is 0 Å². The average molecular weight is 312 g/mol. The Kier molecular flexibility index (Phi) is 2.97. The second kappa shape index (κ2) is 5.01. The highest BCUT2D eigenvalue weighted by atomic mass is 16.7. The third-order valence-electron chi connectivity index (χ3n) is 4.04. The van der Waals surface area contributed by atoms with Gasteiger partial charge in [0.25, 0.3) is 11.8 Å². The number of imide groups is 1. The van der Waals surface area contributed by atoms with Gasteiger partial charge in [-0.2, -0.15) is 5.10 Å². The predicted octanol–water partition coefficient (Wildman–Crippen LogP) is 0.910. The van der Waals surface area contributed by atoms with Crippen LogP contribution in [0.15, 0.2) is 30.6 Å². The number of hydrogen-bond acceptors (Lipinski definition) is 6. The van der Waals surface area contributed by atoms with Gasteiger partial charge in [-0.3, -0.25) is 9.59 Å². The molecule has 116 valence electrons. The highest BCUT2D eigenvalue weighted by Crippen LogP contribution is 2.28. The van der Waals surface area contributed by atoms with Gasteiger partial charge >= 0.3 is 5.97 Å². The van der Waals surface area contributed by atoms with Crippen molar-refractivity contribution in [1.29, 1.82) is 0 Å². The summed E-state index contributed by atoms with van der Waals surface area (Å²) < 4.78 is 1.64. The summed E-state index contributed by atoms with van der Waals surface area (Å²) in [6.45, 7) is 0.687. The number of nitrogens with zero attached hydrogens (tertiary/aromatic N) is 4. The molecule has 1 atom stereocenters. The lowest BCUT2D eigenvalue weighted by molar-refractivity contribution is -0.171. The average Bonchev–Trinajstić information content (AvgIpc) is 3.14. The number of carbonyl (C=O) groups is 3. The number of aromatic nitrogens is 3. The van der Waals surface area contributed by atoms with E-state index < -0.39 is 23.7 Å². The molecule has 2 aliphatic heterocycles. The van der Waals surface area contributed by atoms with Gasteiger partial charge in [-0.05, 0) is 25.0 Å². The van der Waals surface area contributed by atoms with Crippen LogP contribution in [0.25, 0.3) is 0 Å². The second-order valence-corrected chi connectivity index (χ2v) is 5.40. The van der Waals surface area contributed by atoms with Crippen LogP contribution in [-0.4, -0.2) is 37.6 Å². The largest absolute Gasteiger partial charge is 0.343 e. The van der Waals surface area contributed by atoms with E-state index in [2.05, 4.69) is 10.1 Å². The van der Waals surface area contributed by atoms with Gasteiger partial charge in [-0.25, -0.2) is 14.5 Å². The number of fused-ring (bicyclic) bond motifs is 2. The van der Waals surface area contributed by atoms with Gasteiger partial charge in [0.05, 0.1) is 11.1 Å². The number of hydrogen-bond donors (Lipinski definition) is 0. The SMILES string of the molecule is O=C(ON1C(=O)c2ccccc2C1=O)C1CCCn2ncnc21. The summed E-state index contributed by atoms with van der Waals surface area (Å²) in [5.74, 6) is -2.06. The third-order valence-corrected chi connectivity index (χ3v) is 4.04. The van der Waals surface area contributed by atoms with E-state index in [9.17, 15) is 14.4 Å². The Morgan fingerprint density at radius 3 is 2.57 bits per heavy atom. The van der Waals surface area contributed by atoms with Gasteiger partial charge in [0, 0.05) is 6.54 Å². The lowest BCUT2D eigenvalue weighted by Gasteiger charge is -2.22. The van der Waals surface area contributed by atoms with Crippen LogP contribution < -0.4 is 0 Å². The van der Waals surface area contributed by atoms with Gasteiger partial charge in [0.1, 0.15) is 18.1 Å². The Morgan fingerprint density at radius 1 is 1.17 bits per heavy atom. The van der Waals surface area contributed by atoms with Crippen molar-refractivity contribution in [2.24, 2.45) is 0 Å². The molecule has 2 aliphatic rings. The van der Waals surface area contributed by atoms with Gasteiger partial charge in [-0.15, -0.1) is 0 Å². The number of rotatable bonds is 2. The molecule has 0 fully saturated rings. The van der Waals surface area contributed by atoms with Crippen molar-refractivity contribution in [3.05, 3.63) is 47.5 Å². The molecule has 0 aliphatic carbocycles. The standard InChI is InChI=1S/C15H12N4O4/c20-13-9-4-1-2-5-10(9)14(21)19(13)23-15(22)11-6-3-7-18-12(11)16-8-17-18/h1-2,4-5,8,11H,3,6-7H2. The van der Waals surface area contributed by atoms with E-state index in [4.69, 9.17) is 4.84 Å². The maximum Gasteiger partial charge on any atom is 0.343 e. The van der Waals surface area contributed by atoms with Crippen LogP contribution >= 0.6 is 0 Å². The van der Waals surface area contributed by atoms with Crippen molar-refractivity contribution in [1.82, 2.24) is 19.8 Å². The molecular weight excluding hydrogens is 300 g/mol. The lowest BCUT2D eigenvalue weighted by Crippen LogP contribution is -2.36. The monoisotopic (exact) mass is 312 g/mol. The van der Waals surface area contributed by atoms with Crippen molar-refractivity contribution >= 4 is 17.8 Å². The molecule has 0 bridgehead atoms. The van der Waals surface area contributed by atoms with Gasteiger partial charge in [-0.1, -0.05) is 17.2 Å². The molecule has 0 spiro atoms. The molecule has 2 amide bonds. The van der Waals surface area contributed by atoms with Crippen LogP contribution in [0.3, 0.4) is 0 Å². The molecule has 0 radical (unpaired) electrons. The summed E-state index contributed by atoms with van der Waals surface area (Å²) in [4.78, 5) is 46.0. The van der Waals surface area contributed by atoms with Crippen LogP contribution in [0.1, 0.15) is 45.3 Å². The highest BCUT2D eigenvalue weighted by Gasteiger charge is 2.41. The minimum Gasteiger partial charge on any atom is -0.329 e. The maximum atomic E-state index is 12.4. The minimum absolute atomic E-state index is 0.233. The molecule has 1 aromatic heterocycles. The van der Waals surface area contributed by atoms with Gasteiger partial charge < -0.3 is 4.84 Å². The summed E-state index contributed by atoms with van der Waals surface area (Å²) in [5.41, 5.74) is 0.467. The molecule has 0 saturated carbocycles. The van der Waals surface area contributed by atoms with E-state index in [-0.39, 0.29) is 11.1 Å². The molecule has 2 aromatic rings. The predicted molar refractivity (Wildman–Crippen MR) is 75.0 cm³/mol. The number of carbonyl (C=O) groups excluding carboxylic acids is 3. The molecule has 1 unspecified atom stereocenters. The van der Waals surface area contributed by atoms with E-state index in [1.807, 2.05) is 0 Å². The molecule has 8 heteroatoms. The Morgan fingerprint density at radius 2 is 1.87 bits per heavy atom. The number of aryl methyl sites for hydroxylation is 1. The van der Waals surface area contributed by atoms with E-state index in [0.29, 0.717) is 23.9 Å². The molecule has 0 N–H and O–H groups in total. The van der Waals surface area contributed by atoms with Crippen molar-refractivity contribution < 1.29 is 19.2 Å². The fraction of sp³-hybridized carbons (Fsp3) is 0.267. The Bertz CT molecular complexity index is 793. The van der Waals surface area contributed by atoms with Gasteiger partial charge in [0.15, 0.2) is 0 Å². The van der Waals surface area contributed by atoms with Crippen molar-refractivity contribution in [2.75, 3.05) is 0 Å². The third kappa shape index (κ3) is 2.02. The van der Waals surface area contributed by atoms with Crippen LogP contribution in [0.5, 0.6) is 0 Å². The Hall–Kier alpha value is -3.03. The normalized spacial score (nSPS) is 19.5. The zero-order chi connectivity index (χ0) is 16.0. The molecule has 1 aromatic carbocycles. The number of hydroxylamine groups is 2. The molecule has 0 saturated heterocycles. The first-order valence-corrected chi connectivity index (χ1v) is 7.24. The van der Waals surface area contributed by atoms with E-state index in [1.54, 1.807) is 16.8 Å². The maximum absolute atomic E-state index is 12.4. The summed E-state index contributed by atoms with van der Waals surface area (Å²) in [6, 6.07) is 6.36. The molecule has 8 nitrogen and oxygen atoms in total. The second-order valence-electron chi connectivity index (χ2n) is 5.40. The first-order chi connectivity index (χ1) is 11.2. The molecule has 3 heterocycles. The van der Waals surface area contributed by atoms with Crippen molar-refractivity contribution in [3.8, 4) is 0 Å². The summed E-state index contributed by atoms with van der Waals surface area (Å²) in [7, 11) is 0. The van der Waals surface area contributed by atoms with Crippen molar-refractivity contribution in [3.63, 3.8) is 0 Å². The molecular formula is C15H12N4O4. The van der Waals surface area contributed by atoms with Crippen LogP contribution in [0.2, 0.25) is 0 Å². The number of benzene rings is 1. The van der Waals surface area contributed by atoms with Crippen LogP contribution in [0.4, 0.5) is 0 Å². The van der Waals surface area contributed by atoms with Crippen LogP contribution in [-0.2, 0) is 16.2 Å². The summed E-state index contributed by atoms with van der Waals surface area (Å²) in [6.07, 6.45) is 2.67. The van der Waals surface area contributed by atoms with E-state index in [0.717, 1.165) is 6.42 Å². The number of amides is 2. The van der Waals surface area contributed by atoms with Crippen LogP contribution in [0, 0.1) is 0 Å². The zero-order valence-electron chi connectivity index (χ0n) is 12.0. The first-order valence-electron chi connectivity index (χ1n) is 7.24. The smallest absolute Gasteiger partial charge is 0.329 e. The highest BCUT2D eigenvalue weighted by molar-refractivity contribution is 6.20. The minimum atomic E-state index is -0.673. The Labute approximate surface area is 130 Å². The summed E-state index contributed by atoms with van der Waals surface area (Å²) >= 11 is 0. The topological polar surface area (TPSA) is 94.4 Å².